The molecular weight excluding hydrogens is 222 g/mol. The molecule has 0 aromatic carbocycles. The number of hydrogen-bond donors (Lipinski definition) is 1. The first kappa shape index (κ1) is 13.8. The molecule has 0 amide bonds. The molecule has 4 heteroatoms. The van der Waals surface area contributed by atoms with Crippen molar-refractivity contribution < 1.29 is 9.53 Å². The van der Waals surface area contributed by atoms with Crippen molar-refractivity contribution in [2.75, 3.05) is 19.4 Å². The Balaban J connectivity index is 2.49. The zero-order valence-corrected chi connectivity index (χ0v) is 11.5. The molecule has 0 aromatic heterocycles. The van der Waals surface area contributed by atoms with Crippen LogP contribution in [-0.2, 0) is 9.53 Å². The highest BCUT2D eigenvalue weighted by Crippen LogP contribution is 2.42. The normalized spacial score (nSPS) is 28.0. The van der Waals surface area contributed by atoms with E-state index in [0.29, 0.717) is 22.5 Å². The summed E-state index contributed by atoms with van der Waals surface area (Å²) in [5.41, 5.74) is 0.337. The molecular formula is C12H23NO2S. The number of nitrogens with one attached hydrogen (secondary N) is 1. The molecule has 2 unspecified atom stereocenters. The molecule has 0 saturated heterocycles. The molecule has 0 spiro atoms. The van der Waals surface area contributed by atoms with E-state index in [-0.39, 0.29) is 5.97 Å². The summed E-state index contributed by atoms with van der Waals surface area (Å²) >= 11 is 1.73. The van der Waals surface area contributed by atoms with Crippen molar-refractivity contribution in [3.05, 3.63) is 0 Å². The maximum absolute atomic E-state index is 11.1. The van der Waals surface area contributed by atoms with Crippen LogP contribution in [0.5, 0.6) is 0 Å². The number of methoxy groups -OCH3 is 1. The summed E-state index contributed by atoms with van der Waals surface area (Å²) in [5, 5.41) is 4.09. The predicted octanol–water partition coefficient (Wildman–Crippen LogP) is 2.06. The summed E-state index contributed by atoms with van der Waals surface area (Å²) in [5.74, 6) is 0.351. The average molecular weight is 245 g/mol. The van der Waals surface area contributed by atoms with Crippen LogP contribution in [-0.4, -0.2) is 36.7 Å². The first-order chi connectivity index (χ1) is 7.51. The lowest BCUT2D eigenvalue weighted by atomic mass is 9.87. The van der Waals surface area contributed by atoms with Gasteiger partial charge in [-0.25, -0.2) is 0 Å². The van der Waals surface area contributed by atoms with Crippen LogP contribution in [0.1, 0.15) is 33.6 Å². The Hall–Kier alpha value is -0.220. The van der Waals surface area contributed by atoms with E-state index in [1.165, 1.54) is 20.0 Å². The van der Waals surface area contributed by atoms with Gasteiger partial charge in [-0.1, -0.05) is 20.8 Å². The lowest BCUT2D eigenvalue weighted by Gasteiger charge is -2.31. The smallest absolute Gasteiger partial charge is 0.315 e. The number of rotatable bonds is 5. The minimum absolute atomic E-state index is 0.120. The van der Waals surface area contributed by atoms with Crippen LogP contribution in [0.25, 0.3) is 0 Å². The van der Waals surface area contributed by atoms with Crippen molar-refractivity contribution in [2.24, 2.45) is 5.41 Å². The van der Waals surface area contributed by atoms with Gasteiger partial charge in [0.2, 0.25) is 0 Å². The fourth-order valence-electron chi connectivity index (χ4n) is 2.38. The fraction of sp³-hybridized carbons (Fsp3) is 0.917. The van der Waals surface area contributed by atoms with Crippen LogP contribution >= 0.6 is 11.8 Å². The standard InChI is InChI=1S/C12H23NO2S/c1-5-13-11-9(6-7-12(11,2)3)16-8-10(14)15-4/h9,11,13H,5-8H2,1-4H3. The van der Waals surface area contributed by atoms with Crippen LogP contribution in [0, 0.1) is 5.41 Å². The first-order valence-corrected chi connectivity index (χ1v) is 6.98. The molecule has 0 heterocycles. The zero-order valence-electron chi connectivity index (χ0n) is 10.7. The zero-order chi connectivity index (χ0) is 12.2. The van der Waals surface area contributed by atoms with Gasteiger partial charge in [0.15, 0.2) is 0 Å². The highest BCUT2D eigenvalue weighted by Gasteiger charge is 2.41. The summed E-state index contributed by atoms with van der Waals surface area (Å²) in [6.45, 7) is 7.73. The SMILES string of the molecule is CCNC1C(SCC(=O)OC)CCC1(C)C. The van der Waals surface area contributed by atoms with Crippen molar-refractivity contribution in [1.29, 1.82) is 0 Å². The van der Waals surface area contributed by atoms with Crippen LogP contribution in [0.2, 0.25) is 0 Å². The van der Waals surface area contributed by atoms with Gasteiger partial charge in [0.25, 0.3) is 0 Å². The number of esters is 1. The Morgan fingerprint density at radius 2 is 2.25 bits per heavy atom. The van der Waals surface area contributed by atoms with E-state index < -0.39 is 0 Å². The molecule has 1 fully saturated rings. The Morgan fingerprint density at radius 1 is 1.56 bits per heavy atom. The van der Waals surface area contributed by atoms with Gasteiger partial charge in [-0.2, -0.15) is 0 Å². The van der Waals surface area contributed by atoms with Crippen LogP contribution in [0.3, 0.4) is 0 Å². The summed E-state index contributed by atoms with van der Waals surface area (Å²) in [4.78, 5) is 11.1. The summed E-state index contributed by atoms with van der Waals surface area (Å²) in [6.07, 6.45) is 2.41. The van der Waals surface area contributed by atoms with Gasteiger partial charge in [-0.05, 0) is 24.8 Å². The third-order valence-electron chi connectivity index (χ3n) is 3.35. The van der Waals surface area contributed by atoms with E-state index in [2.05, 4.69) is 30.8 Å². The second-order valence-corrected chi connectivity index (χ2v) is 6.22. The minimum atomic E-state index is -0.120. The quantitative estimate of drug-likeness (QED) is 0.753. The molecule has 94 valence electrons. The molecule has 1 aliphatic carbocycles. The fourth-order valence-corrected chi connectivity index (χ4v) is 3.79. The molecule has 1 rings (SSSR count). The number of ether oxygens (including phenoxy) is 1. The first-order valence-electron chi connectivity index (χ1n) is 5.93. The lowest BCUT2D eigenvalue weighted by molar-refractivity contribution is -0.137. The molecule has 1 saturated carbocycles. The van der Waals surface area contributed by atoms with Crippen molar-refractivity contribution in [1.82, 2.24) is 5.32 Å². The summed E-state index contributed by atoms with van der Waals surface area (Å²) in [7, 11) is 1.45. The van der Waals surface area contributed by atoms with Gasteiger partial charge in [0.1, 0.15) is 0 Å². The van der Waals surface area contributed by atoms with Crippen molar-refractivity contribution in [3.8, 4) is 0 Å². The largest absolute Gasteiger partial charge is 0.468 e. The summed E-state index contributed by atoms with van der Waals surface area (Å²) in [6, 6.07) is 0.507. The molecule has 1 aliphatic rings. The number of thioether (sulfide) groups is 1. The van der Waals surface area contributed by atoms with Crippen LogP contribution in [0.4, 0.5) is 0 Å². The molecule has 16 heavy (non-hydrogen) atoms. The Bertz CT molecular complexity index is 243. The molecule has 0 aromatic rings. The van der Waals surface area contributed by atoms with Crippen molar-refractivity contribution in [2.45, 2.75) is 44.9 Å². The number of carbonyl (C=O) groups excluding carboxylic acids is 1. The van der Waals surface area contributed by atoms with E-state index in [1.807, 2.05) is 0 Å². The highest BCUT2D eigenvalue weighted by atomic mass is 32.2. The van der Waals surface area contributed by atoms with Crippen LogP contribution < -0.4 is 5.32 Å². The third-order valence-corrected chi connectivity index (χ3v) is 4.69. The van der Waals surface area contributed by atoms with Crippen LogP contribution in [0.15, 0.2) is 0 Å². The van der Waals surface area contributed by atoms with E-state index in [9.17, 15) is 4.79 Å². The van der Waals surface area contributed by atoms with E-state index in [1.54, 1.807) is 11.8 Å². The number of hydrogen-bond acceptors (Lipinski definition) is 4. The monoisotopic (exact) mass is 245 g/mol. The molecule has 0 bridgehead atoms. The Kier molecular flexibility index (Phi) is 5.12. The molecule has 0 radical (unpaired) electrons. The summed E-state index contributed by atoms with van der Waals surface area (Å²) < 4.78 is 4.68. The molecule has 2 atom stereocenters. The van der Waals surface area contributed by atoms with E-state index in [0.717, 1.165) is 6.54 Å². The van der Waals surface area contributed by atoms with Gasteiger partial charge in [0.05, 0.1) is 12.9 Å². The third kappa shape index (κ3) is 3.39. The average Bonchev–Trinajstić information content (AvgIpc) is 2.53. The molecule has 0 aliphatic heterocycles. The maximum Gasteiger partial charge on any atom is 0.315 e. The van der Waals surface area contributed by atoms with E-state index in [4.69, 9.17) is 0 Å². The molecule has 1 N–H and O–H groups in total. The molecule has 3 nitrogen and oxygen atoms in total. The van der Waals surface area contributed by atoms with Gasteiger partial charge in [0, 0.05) is 11.3 Å². The van der Waals surface area contributed by atoms with Gasteiger partial charge >= 0.3 is 5.97 Å². The van der Waals surface area contributed by atoms with Gasteiger partial charge < -0.3 is 10.1 Å². The number of carbonyl (C=O) groups is 1. The maximum atomic E-state index is 11.1. The minimum Gasteiger partial charge on any atom is -0.468 e. The second-order valence-electron chi connectivity index (χ2n) is 4.99. The topological polar surface area (TPSA) is 38.3 Å². The highest BCUT2D eigenvalue weighted by molar-refractivity contribution is 8.00. The van der Waals surface area contributed by atoms with E-state index >= 15 is 0 Å². The Morgan fingerprint density at radius 3 is 2.81 bits per heavy atom. The van der Waals surface area contributed by atoms with Gasteiger partial charge in [-0.3, -0.25) is 4.79 Å². The van der Waals surface area contributed by atoms with Crippen molar-refractivity contribution in [3.63, 3.8) is 0 Å². The lowest BCUT2D eigenvalue weighted by Crippen LogP contribution is -2.43. The van der Waals surface area contributed by atoms with Gasteiger partial charge in [-0.15, -0.1) is 11.8 Å². The van der Waals surface area contributed by atoms with Crippen molar-refractivity contribution >= 4 is 17.7 Å². The Labute approximate surface area is 103 Å². The predicted molar refractivity (Wildman–Crippen MR) is 68.7 cm³/mol. The second kappa shape index (κ2) is 5.92.